The predicted octanol–water partition coefficient (Wildman–Crippen LogP) is -1.52. The van der Waals surface area contributed by atoms with Gasteiger partial charge in [-0.2, -0.15) is 0 Å². The molecular weight excluding hydrogens is 238 g/mol. The summed E-state index contributed by atoms with van der Waals surface area (Å²) in [5, 5.41) is 29.8. The van der Waals surface area contributed by atoms with Gasteiger partial charge in [0.05, 0.1) is 18.1 Å². The van der Waals surface area contributed by atoms with Crippen LogP contribution in [-0.4, -0.2) is 69.7 Å². The number of carbonyl (C=O) groups excluding carboxylic acids is 1. The summed E-state index contributed by atoms with van der Waals surface area (Å²) in [5.74, 6) is -0.291. The van der Waals surface area contributed by atoms with Gasteiger partial charge in [0, 0.05) is 13.1 Å². The maximum atomic E-state index is 11.6. The van der Waals surface area contributed by atoms with Crippen LogP contribution in [0.4, 0.5) is 0 Å². The fourth-order valence-corrected chi connectivity index (χ4v) is 2.95. The summed E-state index contributed by atoms with van der Waals surface area (Å²) >= 11 is 0. The van der Waals surface area contributed by atoms with Gasteiger partial charge >= 0.3 is 5.97 Å². The highest BCUT2D eigenvalue weighted by molar-refractivity contribution is 5.75. The minimum atomic E-state index is -1.11. The number of nitrogens with zero attached hydrogens (tertiary/aromatic N) is 1. The molecule has 3 fully saturated rings. The van der Waals surface area contributed by atoms with E-state index in [1.807, 2.05) is 4.90 Å². The van der Waals surface area contributed by atoms with Crippen LogP contribution in [0.25, 0.3) is 0 Å². The van der Waals surface area contributed by atoms with Gasteiger partial charge in [-0.25, -0.2) is 0 Å². The van der Waals surface area contributed by atoms with Gasteiger partial charge in [-0.15, -0.1) is 0 Å². The number of carbonyl (C=O) groups is 1. The normalized spacial score (nSPS) is 44.7. The Labute approximate surface area is 105 Å². The standard InChI is InChI=1S/C12H19NO5/c14-7-3-4-13-5-8(10(15)11(16)9(7)13)18-12(17)6-1-2-6/h6-11,14-16H,1-5H2/t7-,8-,9?,10+,11+/m0/s1. The molecule has 102 valence electrons. The number of fused-ring (bicyclic) bond motifs is 1. The number of hydrogen-bond donors (Lipinski definition) is 3. The summed E-state index contributed by atoms with van der Waals surface area (Å²) < 4.78 is 5.27. The Hall–Kier alpha value is -0.690. The van der Waals surface area contributed by atoms with Gasteiger partial charge in [0.2, 0.25) is 0 Å². The van der Waals surface area contributed by atoms with Crippen LogP contribution in [0, 0.1) is 5.92 Å². The Balaban J connectivity index is 1.67. The Kier molecular flexibility index (Phi) is 3.05. The first-order valence-electron chi connectivity index (χ1n) is 6.56. The Bertz CT molecular complexity index is 345. The molecule has 3 N–H and O–H groups in total. The van der Waals surface area contributed by atoms with Crippen molar-refractivity contribution in [3.8, 4) is 0 Å². The average Bonchev–Trinajstić information content (AvgIpc) is 3.11. The van der Waals surface area contributed by atoms with Crippen molar-refractivity contribution in [3.63, 3.8) is 0 Å². The molecule has 1 aliphatic carbocycles. The molecule has 5 atom stereocenters. The third-order valence-corrected chi connectivity index (χ3v) is 4.20. The van der Waals surface area contributed by atoms with Crippen LogP contribution >= 0.6 is 0 Å². The van der Waals surface area contributed by atoms with Gasteiger partial charge in [-0.3, -0.25) is 9.69 Å². The van der Waals surface area contributed by atoms with E-state index in [2.05, 4.69) is 0 Å². The van der Waals surface area contributed by atoms with E-state index in [0.29, 0.717) is 19.5 Å². The summed E-state index contributed by atoms with van der Waals surface area (Å²) in [6.07, 6.45) is -1.18. The molecule has 0 spiro atoms. The van der Waals surface area contributed by atoms with Crippen LogP contribution in [-0.2, 0) is 9.53 Å². The Morgan fingerprint density at radius 3 is 2.50 bits per heavy atom. The van der Waals surface area contributed by atoms with E-state index in [4.69, 9.17) is 4.74 Å². The highest BCUT2D eigenvalue weighted by Gasteiger charge is 2.50. The van der Waals surface area contributed by atoms with Gasteiger partial charge in [0.25, 0.3) is 0 Å². The van der Waals surface area contributed by atoms with Crippen molar-refractivity contribution in [2.45, 2.75) is 49.7 Å². The molecule has 3 rings (SSSR count). The molecule has 0 amide bonds. The zero-order valence-electron chi connectivity index (χ0n) is 10.1. The lowest BCUT2D eigenvalue weighted by molar-refractivity contribution is -0.180. The number of piperidine rings is 1. The van der Waals surface area contributed by atoms with Gasteiger partial charge < -0.3 is 20.1 Å². The molecule has 2 heterocycles. The third-order valence-electron chi connectivity index (χ3n) is 4.20. The number of ether oxygens (including phenoxy) is 1. The van der Waals surface area contributed by atoms with E-state index in [-0.39, 0.29) is 11.9 Å². The number of rotatable bonds is 2. The maximum Gasteiger partial charge on any atom is 0.309 e. The van der Waals surface area contributed by atoms with E-state index in [0.717, 1.165) is 12.8 Å². The van der Waals surface area contributed by atoms with Crippen molar-refractivity contribution in [2.24, 2.45) is 5.92 Å². The van der Waals surface area contributed by atoms with Crippen molar-refractivity contribution in [1.82, 2.24) is 4.90 Å². The molecule has 0 bridgehead atoms. The lowest BCUT2D eigenvalue weighted by atomic mass is 9.93. The lowest BCUT2D eigenvalue weighted by Gasteiger charge is -2.42. The second kappa shape index (κ2) is 4.45. The molecule has 0 radical (unpaired) electrons. The molecule has 1 saturated carbocycles. The van der Waals surface area contributed by atoms with Crippen molar-refractivity contribution in [1.29, 1.82) is 0 Å². The molecule has 2 aliphatic heterocycles. The summed E-state index contributed by atoms with van der Waals surface area (Å²) in [7, 11) is 0. The predicted molar refractivity (Wildman–Crippen MR) is 60.6 cm³/mol. The van der Waals surface area contributed by atoms with Crippen LogP contribution in [0.5, 0.6) is 0 Å². The molecule has 0 aromatic rings. The first-order valence-corrected chi connectivity index (χ1v) is 6.56. The number of aliphatic hydroxyl groups excluding tert-OH is 3. The molecule has 3 aliphatic rings. The van der Waals surface area contributed by atoms with Crippen LogP contribution in [0.2, 0.25) is 0 Å². The first kappa shape index (κ1) is 12.3. The maximum absolute atomic E-state index is 11.6. The number of hydrogen-bond acceptors (Lipinski definition) is 6. The van der Waals surface area contributed by atoms with E-state index in [1.54, 1.807) is 0 Å². The SMILES string of the molecule is O=C(O[C@H]1CN2CC[C@H](O)C2[C@@H](O)[C@@H]1O)C1CC1. The molecule has 6 heteroatoms. The fraction of sp³-hybridized carbons (Fsp3) is 0.917. The van der Waals surface area contributed by atoms with Gasteiger partial charge in [-0.1, -0.05) is 0 Å². The molecular formula is C12H19NO5. The van der Waals surface area contributed by atoms with Crippen LogP contribution in [0.3, 0.4) is 0 Å². The van der Waals surface area contributed by atoms with E-state index < -0.39 is 30.5 Å². The molecule has 0 aromatic heterocycles. The van der Waals surface area contributed by atoms with Gasteiger partial charge in [0.1, 0.15) is 18.3 Å². The third kappa shape index (κ3) is 2.03. The van der Waals surface area contributed by atoms with Gasteiger partial charge in [0.15, 0.2) is 0 Å². The van der Waals surface area contributed by atoms with Crippen molar-refractivity contribution < 1.29 is 24.9 Å². The zero-order valence-corrected chi connectivity index (χ0v) is 10.1. The van der Waals surface area contributed by atoms with Crippen molar-refractivity contribution >= 4 is 5.97 Å². The zero-order chi connectivity index (χ0) is 12.9. The Morgan fingerprint density at radius 2 is 1.83 bits per heavy atom. The molecule has 6 nitrogen and oxygen atoms in total. The largest absolute Gasteiger partial charge is 0.458 e. The second-order valence-corrected chi connectivity index (χ2v) is 5.57. The van der Waals surface area contributed by atoms with E-state index in [1.165, 1.54) is 0 Å². The monoisotopic (exact) mass is 257 g/mol. The molecule has 2 saturated heterocycles. The fourth-order valence-electron chi connectivity index (χ4n) is 2.95. The van der Waals surface area contributed by atoms with Gasteiger partial charge in [-0.05, 0) is 19.3 Å². The van der Waals surface area contributed by atoms with Crippen molar-refractivity contribution in [2.75, 3.05) is 13.1 Å². The molecule has 0 aromatic carbocycles. The summed E-state index contributed by atoms with van der Waals surface area (Å²) in [6, 6.07) is -0.434. The highest BCUT2D eigenvalue weighted by atomic mass is 16.6. The quantitative estimate of drug-likeness (QED) is 0.520. The minimum absolute atomic E-state index is 0.0174. The topological polar surface area (TPSA) is 90.2 Å². The number of aliphatic hydroxyl groups is 3. The first-order chi connectivity index (χ1) is 8.58. The number of esters is 1. The Morgan fingerprint density at radius 1 is 1.11 bits per heavy atom. The second-order valence-electron chi connectivity index (χ2n) is 5.57. The molecule has 1 unspecified atom stereocenters. The van der Waals surface area contributed by atoms with Crippen LogP contribution in [0.15, 0.2) is 0 Å². The smallest absolute Gasteiger partial charge is 0.309 e. The van der Waals surface area contributed by atoms with E-state index in [9.17, 15) is 20.1 Å². The highest BCUT2D eigenvalue weighted by Crippen LogP contribution is 2.33. The summed E-state index contributed by atoms with van der Waals surface area (Å²) in [4.78, 5) is 13.5. The van der Waals surface area contributed by atoms with Crippen LogP contribution in [0.1, 0.15) is 19.3 Å². The van der Waals surface area contributed by atoms with Crippen molar-refractivity contribution in [3.05, 3.63) is 0 Å². The average molecular weight is 257 g/mol. The summed E-state index contributed by atoms with van der Waals surface area (Å²) in [5.41, 5.74) is 0. The van der Waals surface area contributed by atoms with Crippen LogP contribution < -0.4 is 0 Å². The summed E-state index contributed by atoms with van der Waals surface area (Å²) in [6.45, 7) is 1.05. The molecule has 18 heavy (non-hydrogen) atoms. The van der Waals surface area contributed by atoms with E-state index >= 15 is 0 Å². The lowest BCUT2D eigenvalue weighted by Crippen LogP contribution is -2.62. The minimum Gasteiger partial charge on any atom is -0.458 e.